The summed E-state index contributed by atoms with van der Waals surface area (Å²) < 4.78 is 0. The van der Waals surface area contributed by atoms with Gasteiger partial charge in [-0.3, -0.25) is 4.90 Å². The van der Waals surface area contributed by atoms with E-state index in [1.54, 1.807) is 0 Å². The van der Waals surface area contributed by atoms with Crippen molar-refractivity contribution in [3.8, 4) is 0 Å². The number of hydrogen-bond donors (Lipinski definition) is 0. The van der Waals surface area contributed by atoms with E-state index in [-0.39, 0.29) is 0 Å². The maximum absolute atomic E-state index is 4.52. The van der Waals surface area contributed by atoms with Gasteiger partial charge in [-0.05, 0) is 38.8 Å². The van der Waals surface area contributed by atoms with Gasteiger partial charge in [0.1, 0.15) is 0 Å². The Kier molecular flexibility index (Phi) is 6.18. The highest BCUT2D eigenvalue weighted by Crippen LogP contribution is 2.19. The van der Waals surface area contributed by atoms with Crippen LogP contribution in [0.3, 0.4) is 0 Å². The zero-order valence-corrected chi connectivity index (χ0v) is 13.5. The molecule has 1 saturated heterocycles. The lowest BCUT2D eigenvalue weighted by molar-refractivity contribution is 0.308. The summed E-state index contributed by atoms with van der Waals surface area (Å²) in [5.74, 6) is 0.787. The fourth-order valence-electron chi connectivity index (χ4n) is 2.89. The molecule has 4 heteroatoms. The molecule has 4 nitrogen and oxygen atoms in total. The average molecular weight is 288 g/mol. The SMILES string of the molecule is C=C(CN(CCC)CCC)c1ncc(N2CCCC2)cn1. The monoisotopic (exact) mass is 288 g/mol. The van der Waals surface area contributed by atoms with Gasteiger partial charge in [-0.25, -0.2) is 9.97 Å². The molecule has 21 heavy (non-hydrogen) atoms. The van der Waals surface area contributed by atoms with Crippen molar-refractivity contribution >= 4 is 11.3 Å². The molecular formula is C17H28N4. The Hall–Kier alpha value is -1.42. The largest absolute Gasteiger partial charge is 0.369 e. The Morgan fingerprint density at radius 1 is 1.14 bits per heavy atom. The molecule has 1 fully saturated rings. The van der Waals surface area contributed by atoms with Gasteiger partial charge in [-0.2, -0.15) is 0 Å². The third-order valence-corrected chi connectivity index (χ3v) is 3.92. The summed E-state index contributed by atoms with van der Waals surface area (Å²) >= 11 is 0. The van der Waals surface area contributed by atoms with Crippen molar-refractivity contribution in [2.45, 2.75) is 39.5 Å². The molecule has 0 N–H and O–H groups in total. The maximum Gasteiger partial charge on any atom is 0.155 e. The third kappa shape index (κ3) is 4.53. The Bertz CT molecular complexity index is 429. The zero-order valence-electron chi connectivity index (χ0n) is 13.5. The fourth-order valence-corrected chi connectivity index (χ4v) is 2.89. The molecule has 0 aliphatic carbocycles. The van der Waals surface area contributed by atoms with Crippen LogP contribution in [0.5, 0.6) is 0 Å². The molecule has 1 aliphatic rings. The Labute approximate surface area is 128 Å². The lowest BCUT2D eigenvalue weighted by Gasteiger charge is -2.22. The number of nitrogens with zero attached hydrogens (tertiary/aromatic N) is 4. The minimum Gasteiger partial charge on any atom is -0.369 e. The lowest BCUT2D eigenvalue weighted by atomic mass is 10.2. The van der Waals surface area contributed by atoms with Crippen molar-refractivity contribution in [2.75, 3.05) is 37.6 Å². The van der Waals surface area contributed by atoms with Crippen molar-refractivity contribution < 1.29 is 0 Å². The van der Waals surface area contributed by atoms with Gasteiger partial charge in [0.25, 0.3) is 0 Å². The molecule has 0 radical (unpaired) electrons. The smallest absolute Gasteiger partial charge is 0.155 e. The summed E-state index contributed by atoms with van der Waals surface area (Å²) in [6.45, 7) is 14.0. The van der Waals surface area contributed by atoms with E-state index in [1.165, 1.54) is 25.7 Å². The normalized spacial score (nSPS) is 14.9. The van der Waals surface area contributed by atoms with E-state index in [0.717, 1.165) is 49.8 Å². The molecule has 0 atom stereocenters. The van der Waals surface area contributed by atoms with Gasteiger partial charge in [0.2, 0.25) is 0 Å². The summed E-state index contributed by atoms with van der Waals surface area (Å²) in [7, 11) is 0. The van der Waals surface area contributed by atoms with Crippen LogP contribution in [0.2, 0.25) is 0 Å². The van der Waals surface area contributed by atoms with Crippen molar-refractivity contribution in [1.29, 1.82) is 0 Å². The second kappa shape index (κ2) is 8.13. The second-order valence-corrected chi connectivity index (χ2v) is 5.84. The standard InChI is InChI=1S/C17H28N4/c1-4-8-20(9-5-2)14-15(3)17-18-12-16(13-19-17)21-10-6-7-11-21/h12-13H,3-11,14H2,1-2H3. The highest BCUT2D eigenvalue weighted by Gasteiger charge is 2.14. The predicted octanol–water partition coefficient (Wildman–Crippen LogP) is 3.21. The van der Waals surface area contributed by atoms with Crippen LogP contribution in [-0.2, 0) is 0 Å². The molecule has 0 unspecified atom stereocenters. The van der Waals surface area contributed by atoms with Crippen LogP contribution >= 0.6 is 0 Å². The van der Waals surface area contributed by atoms with E-state index >= 15 is 0 Å². The molecule has 0 saturated carbocycles. The summed E-state index contributed by atoms with van der Waals surface area (Å²) in [5, 5.41) is 0. The lowest BCUT2D eigenvalue weighted by Crippen LogP contribution is -2.27. The quantitative estimate of drug-likeness (QED) is 0.735. The van der Waals surface area contributed by atoms with E-state index in [9.17, 15) is 0 Å². The molecule has 0 spiro atoms. The van der Waals surface area contributed by atoms with Gasteiger partial charge < -0.3 is 4.90 Å². The van der Waals surface area contributed by atoms with E-state index in [0.29, 0.717) is 0 Å². The molecule has 0 amide bonds. The molecule has 116 valence electrons. The first-order valence-electron chi connectivity index (χ1n) is 8.22. The minimum absolute atomic E-state index is 0.787. The first kappa shape index (κ1) is 16.0. The van der Waals surface area contributed by atoms with Crippen LogP contribution in [0.4, 0.5) is 5.69 Å². The maximum atomic E-state index is 4.52. The molecule has 0 aromatic carbocycles. The van der Waals surface area contributed by atoms with Crippen LogP contribution < -0.4 is 4.90 Å². The Morgan fingerprint density at radius 2 is 1.71 bits per heavy atom. The highest BCUT2D eigenvalue weighted by molar-refractivity contribution is 5.59. The van der Waals surface area contributed by atoms with E-state index in [1.807, 2.05) is 12.4 Å². The van der Waals surface area contributed by atoms with E-state index in [2.05, 4.69) is 40.2 Å². The first-order chi connectivity index (χ1) is 10.2. The third-order valence-electron chi connectivity index (χ3n) is 3.92. The second-order valence-electron chi connectivity index (χ2n) is 5.84. The van der Waals surface area contributed by atoms with Crippen molar-refractivity contribution in [2.24, 2.45) is 0 Å². The van der Waals surface area contributed by atoms with Gasteiger partial charge in [0.05, 0.1) is 18.1 Å². The van der Waals surface area contributed by atoms with Crippen LogP contribution in [0.25, 0.3) is 5.57 Å². The predicted molar refractivity (Wildman–Crippen MR) is 89.5 cm³/mol. The van der Waals surface area contributed by atoms with Crippen molar-refractivity contribution in [3.63, 3.8) is 0 Å². The van der Waals surface area contributed by atoms with E-state index in [4.69, 9.17) is 0 Å². The fraction of sp³-hybridized carbons (Fsp3) is 0.647. The molecule has 1 aromatic heterocycles. The molecule has 0 bridgehead atoms. The van der Waals surface area contributed by atoms with Gasteiger partial charge in [0.15, 0.2) is 5.82 Å². The molecular weight excluding hydrogens is 260 g/mol. The summed E-state index contributed by atoms with van der Waals surface area (Å²) in [6.07, 6.45) is 8.78. The topological polar surface area (TPSA) is 32.3 Å². The number of aromatic nitrogens is 2. The number of anilines is 1. The zero-order chi connectivity index (χ0) is 15.1. The van der Waals surface area contributed by atoms with Crippen LogP contribution in [-0.4, -0.2) is 47.6 Å². The number of rotatable bonds is 8. The average Bonchev–Trinajstić information content (AvgIpc) is 3.02. The molecule has 2 rings (SSSR count). The Balaban J connectivity index is 1.95. The van der Waals surface area contributed by atoms with Crippen LogP contribution in [0.15, 0.2) is 19.0 Å². The van der Waals surface area contributed by atoms with Gasteiger partial charge >= 0.3 is 0 Å². The highest BCUT2D eigenvalue weighted by atomic mass is 15.2. The van der Waals surface area contributed by atoms with Gasteiger partial charge in [-0.15, -0.1) is 0 Å². The minimum atomic E-state index is 0.787. The van der Waals surface area contributed by atoms with Crippen molar-refractivity contribution in [1.82, 2.24) is 14.9 Å². The van der Waals surface area contributed by atoms with Crippen LogP contribution in [0.1, 0.15) is 45.4 Å². The van der Waals surface area contributed by atoms with Gasteiger partial charge in [0, 0.05) is 25.2 Å². The first-order valence-corrected chi connectivity index (χ1v) is 8.22. The molecule has 1 aromatic rings. The summed E-state index contributed by atoms with van der Waals surface area (Å²) in [5.41, 5.74) is 2.16. The molecule has 2 heterocycles. The summed E-state index contributed by atoms with van der Waals surface area (Å²) in [6, 6.07) is 0. The Morgan fingerprint density at radius 3 is 2.24 bits per heavy atom. The number of hydrogen-bond acceptors (Lipinski definition) is 4. The molecule has 1 aliphatic heterocycles. The van der Waals surface area contributed by atoms with Crippen LogP contribution in [0, 0.1) is 0 Å². The van der Waals surface area contributed by atoms with Gasteiger partial charge in [-0.1, -0.05) is 20.4 Å². The summed E-state index contributed by atoms with van der Waals surface area (Å²) in [4.78, 5) is 13.8. The van der Waals surface area contributed by atoms with E-state index < -0.39 is 0 Å². The van der Waals surface area contributed by atoms with Crippen molar-refractivity contribution in [3.05, 3.63) is 24.8 Å².